The number of nitrogens with one attached hydrogen (secondary N) is 2. The Balaban J connectivity index is 2.05. The lowest BCUT2D eigenvalue weighted by Crippen LogP contribution is -2.58. The van der Waals surface area contributed by atoms with Gasteiger partial charge in [0.25, 0.3) is 0 Å². The fourth-order valence-electron chi connectivity index (χ4n) is 3.60. The van der Waals surface area contributed by atoms with E-state index in [2.05, 4.69) is 23.3 Å². The molecule has 7 N–H and O–H groups in total. The molecule has 12 heteroatoms. The number of benzene rings is 1. The van der Waals surface area contributed by atoms with Crippen molar-refractivity contribution >= 4 is 42.2 Å². The first-order valence-electron chi connectivity index (χ1n) is 10.5. The molecule has 1 aliphatic rings. The van der Waals surface area contributed by atoms with Crippen molar-refractivity contribution in [2.24, 2.45) is 11.5 Å². The van der Waals surface area contributed by atoms with Gasteiger partial charge in [0.2, 0.25) is 23.6 Å². The molecule has 0 saturated carbocycles. The average molecular weight is 480 g/mol. The highest BCUT2D eigenvalue weighted by Gasteiger charge is 2.38. The van der Waals surface area contributed by atoms with Crippen LogP contribution in [0, 0.1) is 0 Å². The minimum absolute atomic E-state index is 0.113. The van der Waals surface area contributed by atoms with Crippen LogP contribution in [0.1, 0.15) is 24.8 Å². The third-order valence-electron chi connectivity index (χ3n) is 5.29. The summed E-state index contributed by atoms with van der Waals surface area (Å²) in [6.07, 6.45) is 0.537. The Morgan fingerprint density at radius 1 is 1.09 bits per heavy atom. The number of thiol groups is 1. The summed E-state index contributed by atoms with van der Waals surface area (Å²) < 4.78 is 0. The van der Waals surface area contributed by atoms with Crippen LogP contribution >= 0.6 is 12.6 Å². The molecule has 0 aliphatic carbocycles. The highest BCUT2D eigenvalue weighted by molar-refractivity contribution is 7.80. The molecule has 180 valence electrons. The molecular formula is C21H29N5O6S. The zero-order chi connectivity index (χ0) is 24.5. The molecule has 11 nitrogen and oxygen atoms in total. The van der Waals surface area contributed by atoms with Gasteiger partial charge in [-0.25, -0.2) is 4.79 Å². The van der Waals surface area contributed by atoms with Crippen LogP contribution in [-0.4, -0.2) is 76.1 Å². The summed E-state index contributed by atoms with van der Waals surface area (Å²) in [6, 6.07) is 4.54. The third kappa shape index (κ3) is 7.46. The van der Waals surface area contributed by atoms with Crippen LogP contribution in [0.2, 0.25) is 0 Å². The van der Waals surface area contributed by atoms with Crippen molar-refractivity contribution < 1.29 is 29.1 Å². The summed E-state index contributed by atoms with van der Waals surface area (Å²) in [6.45, 7) is 0.242. The monoisotopic (exact) mass is 479 g/mol. The Hall–Kier alpha value is -3.12. The van der Waals surface area contributed by atoms with Gasteiger partial charge < -0.3 is 32.1 Å². The van der Waals surface area contributed by atoms with E-state index in [0.717, 1.165) is 5.56 Å². The normalized spacial score (nSPS) is 18.1. The number of hydrogen-bond acceptors (Lipinski definition) is 7. The summed E-state index contributed by atoms with van der Waals surface area (Å²) >= 11 is 4.09. The molecule has 1 fully saturated rings. The Kier molecular flexibility index (Phi) is 9.67. The van der Waals surface area contributed by atoms with Gasteiger partial charge in [0.05, 0.1) is 12.5 Å². The fraction of sp³-hybridized carbons (Fsp3) is 0.476. The first kappa shape index (κ1) is 26.1. The second-order valence-corrected chi connectivity index (χ2v) is 8.16. The number of nitrogens with zero attached hydrogens (tertiary/aromatic N) is 1. The van der Waals surface area contributed by atoms with E-state index in [0.29, 0.717) is 12.8 Å². The minimum atomic E-state index is -1.36. The predicted molar refractivity (Wildman–Crippen MR) is 122 cm³/mol. The Bertz CT molecular complexity index is 883. The van der Waals surface area contributed by atoms with Crippen LogP contribution in [0.25, 0.3) is 0 Å². The molecular weight excluding hydrogens is 450 g/mol. The number of likely N-dealkylation sites (tertiary alicyclic amines) is 1. The average Bonchev–Trinajstić information content (AvgIpc) is 3.27. The number of nitrogens with two attached hydrogens (primary N) is 2. The van der Waals surface area contributed by atoms with E-state index >= 15 is 0 Å². The maximum absolute atomic E-state index is 12.8. The zero-order valence-electron chi connectivity index (χ0n) is 18.0. The van der Waals surface area contributed by atoms with Crippen LogP contribution in [-0.2, 0) is 30.4 Å². The summed E-state index contributed by atoms with van der Waals surface area (Å²) in [7, 11) is 0. The molecule has 2 rings (SSSR count). The quantitative estimate of drug-likeness (QED) is 0.206. The maximum Gasteiger partial charge on any atom is 0.326 e. The van der Waals surface area contributed by atoms with E-state index in [1.807, 2.05) is 6.07 Å². The van der Waals surface area contributed by atoms with Gasteiger partial charge in [0.15, 0.2) is 0 Å². The lowest BCUT2D eigenvalue weighted by Gasteiger charge is -2.28. The highest BCUT2D eigenvalue weighted by atomic mass is 32.1. The molecule has 1 aromatic carbocycles. The Labute approximate surface area is 196 Å². The second kappa shape index (κ2) is 12.2. The van der Waals surface area contributed by atoms with Crippen LogP contribution < -0.4 is 22.1 Å². The van der Waals surface area contributed by atoms with Crippen molar-refractivity contribution in [1.82, 2.24) is 15.5 Å². The third-order valence-corrected chi connectivity index (χ3v) is 5.66. The number of hydrogen-bond donors (Lipinski definition) is 6. The van der Waals surface area contributed by atoms with E-state index in [-0.39, 0.29) is 18.7 Å². The molecule has 4 amide bonds. The van der Waals surface area contributed by atoms with Crippen molar-refractivity contribution in [2.45, 2.75) is 49.9 Å². The molecule has 0 spiro atoms. The fourth-order valence-corrected chi connectivity index (χ4v) is 3.84. The first-order valence-corrected chi connectivity index (χ1v) is 11.1. The van der Waals surface area contributed by atoms with Crippen molar-refractivity contribution in [3.8, 4) is 0 Å². The van der Waals surface area contributed by atoms with E-state index in [1.54, 1.807) is 24.3 Å². The Morgan fingerprint density at radius 3 is 2.30 bits per heavy atom. The molecule has 1 saturated heterocycles. The maximum atomic E-state index is 12.8. The lowest BCUT2D eigenvalue weighted by molar-refractivity contribution is -0.149. The largest absolute Gasteiger partial charge is 0.480 e. The van der Waals surface area contributed by atoms with Crippen LogP contribution in [0.15, 0.2) is 30.3 Å². The van der Waals surface area contributed by atoms with Gasteiger partial charge in [-0.3, -0.25) is 19.2 Å². The number of carbonyl (C=O) groups is 5. The number of aliphatic carboxylic acids is 1. The van der Waals surface area contributed by atoms with Gasteiger partial charge in [-0.15, -0.1) is 0 Å². The molecule has 4 unspecified atom stereocenters. The zero-order valence-corrected chi connectivity index (χ0v) is 18.9. The van der Waals surface area contributed by atoms with Crippen LogP contribution in [0.4, 0.5) is 0 Å². The molecule has 1 aliphatic heterocycles. The smallest absolute Gasteiger partial charge is 0.326 e. The SMILES string of the molecule is NC(=O)CC(NC(=O)C(N)Cc1ccccc1)C(=O)NC(CS)C(=O)N1CCCC1C(=O)O. The molecule has 33 heavy (non-hydrogen) atoms. The highest BCUT2D eigenvalue weighted by Crippen LogP contribution is 2.19. The van der Waals surface area contributed by atoms with Crippen molar-refractivity contribution in [1.29, 1.82) is 0 Å². The predicted octanol–water partition coefficient (Wildman–Crippen LogP) is -1.59. The van der Waals surface area contributed by atoms with Crippen molar-refractivity contribution in [3.63, 3.8) is 0 Å². The van der Waals surface area contributed by atoms with E-state index < -0.39 is 60.2 Å². The van der Waals surface area contributed by atoms with Gasteiger partial charge in [0, 0.05) is 12.3 Å². The van der Waals surface area contributed by atoms with E-state index in [1.165, 1.54) is 4.90 Å². The summed E-state index contributed by atoms with van der Waals surface area (Å²) in [5.74, 6) is -4.18. The minimum Gasteiger partial charge on any atom is -0.480 e. The van der Waals surface area contributed by atoms with Gasteiger partial charge in [-0.05, 0) is 24.8 Å². The van der Waals surface area contributed by atoms with Gasteiger partial charge >= 0.3 is 5.97 Å². The van der Waals surface area contributed by atoms with Gasteiger partial charge in [-0.2, -0.15) is 12.6 Å². The number of carbonyl (C=O) groups excluding carboxylic acids is 4. The van der Waals surface area contributed by atoms with Gasteiger partial charge in [-0.1, -0.05) is 30.3 Å². The molecule has 1 heterocycles. The summed E-state index contributed by atoms with van der Waals surface area (Å²) in [5.41, 5.74) is 12.0. The van der Waals surface area contributed by atoms with Crippen LogP contribution in [0.3, 0.4) is 0 Å². The van der Waals surface area contributed by atoms with E-state index in [4.69, 9.17) is 11.5 Å². The molecule has 0 radical (unpaired) electrons. The van der Waals surface area contributed by atoms with Crippen molar-refractivity contribution in [3.05, 3.63) is 35.9 Å². The number of amides is 4. The Morgan fingerprint density at radius 2 is 1.73 bits per heavy atom. The second-order valence-electron chi connectivity index (χ2n) is 7.80. The topological polar surface area (TPSA) is 185 Å². The lowest BCUT2D eigenvalue weighted by atomic mass is 10.0. The molecule has 0 aromatic heterocycles. The first-order chi connectivity index (χ1) is 15.6. The summed E-state index contributed by atoms with van der Waals surface area (Å²) in [4.78, 5) is 62.2. The number of carboxylic acid groups (broad SMARTS) is 1. The van der Waals surface area contributed by atoms with Gasteiger partial charge in [0.1, 0.15) is 18.1 Å². The molecule has 4 atom stereocenters. The van der Waals surface area contributed by atoms with Crippen LogP contribution in [0.5, 0.6) is 0 Å². The summed E-state index contributed by atoms with van der Waals surface area (Å²) in [5, 5.41) is 14.2. The standard InChI is InChI=1S/C21H29N5O6S/c22-13(9-12-5-2-1-3-6-12)18(28)24-14(10-17(23)27)19(29)25-15(11-33)20(30)26-8-4-7-16(26)21(31)32/h1-3,5-6,13-16,33H,4,7-11,22H2,(H2,23,27)(H,24,28)(H,25,29)(H,31,32). The molecule has 0 bridgehead atoms. The number of rotatable bonds is 11. The molecule has 1 aromatic rings. The van der Waals surface area contributed by atoms with Crippen molar-refractivity contribution in [2.75, 3.05) is 12.3 Å². The van der Waals surface area contributed by atoms with E-state index in [9.17, 15) is 29.1 Å². The number of carboxylic acids is 1. The number of primary amides is 1.